The van der Waals surface area contributed by atoms with Gasteiger partial charge in [0.05, 0.1) is 6.61 Å². The number of aliphatic hydroxyl groups is 1. The van der Waals surface area contributed by atoms with Crippen LogP contribution in [-0.2, 0) is 14.2 Å². The Kier molecular flexibility index (Phi) is 3.05. The molecule has 3 heterocycles. The lowest BCUT2D eigenvalue weighted by molar-refractivity contribution is -0.193. The zero-order valence-electron chi connectivity index (χ0n) is 11.1. The summed E-state index contributed by atoms with van der Waals surface area (Å²) < 4.78 is 22.3. The third-order valence-electron chi connectivity index (χ3n) is 3.35. The standard InChI is InChI=1S/C12H16N2O6/c1-12(2)19-7-6(3-15)18-9(8(7)20-12)11-14-5(4-17-11)10(13)16/h4,6-9,15H,3H2,1-2H3,(H2,13,16)/t6-,7+,8?,9-/m1/s1. The van der Waals surface area contributed by atoms with Crippen LogP contribution in [-0.4, -0.2) is 46.7 Å². The van der Waals surface area contributed by atoms with Crippen molar-refractivity contribution in [2.45, 2.75) is 44.1 Å². The van der Waals surface area contributed by atoms with E-state index in [0.717, 1.165) is 0 Å². The molecule has 2 saturated heterocycles. The number of fused-ring (bicyclic) bond motifs is 1. The van der Waals surface area contributed by atoms with Gasteiger partial charge in [0.2, 0.25) is 5.89 Å². The first-order valence-electron chi connectivity index (χ1n) is 6.28. The van der Waals surface area contributed by atoms with Crippen LogP contribution in [0.15, 0.2) is 10.7 Å². The Morgan fingerprint density at radius 3 is 2.75 bits per heavy atom. The first-order chi connectivity index (χ1) is 9.41. The summed E-state index contributed by atoms with van der Waals surface area (Å²) in [6.07, 6.45) is -0.878. The van der Waals surface area contributed by atoms with Crippen LogP contribution in [0.2, 0.25) is 0 Å². The van der Waals surface area contributed by atoms with Crippen molar-refractivity contribution in [3.63, 3.8) is 0 Å². The van der Waals surface area contributed by atoms with Gasteiger partial charge in [0, 0.05) is 0 Å². The molecule has 2 aliphatic rings. The Bertz CT molecular complexity index is 528. The van der Waals surface area contributed by atoms with E-state index < -0.39 is 36.1 Å². The van der Waals surface area contributed by atoms with Crippen molar-refractivity contribution in [3.8, 4) is 0 Å². The van der Waals surface area contributed by atoms with Crippen LogP contribution in [0.4, 0.5) is 0 Å². The van der Waals surface area contributed by atoms with Gasteiger partial charge in [0.1, 0.15) is 24.6 Å². The summed E-state index contributed by atoms with van der Waals surface area (Å²) in [6.45, 7) is 3.35. The minimum atomic E-state index is -0.774. The van der Waals surface area contributed by atoms with E-state index in [1.165, 1.54) is 6.26 Å². The molecule has 0 aromatic carbocycles. The first kappa shape index (κ1) is 13.5. The minimum Gasteiger partial charge on any atom is -0.445 e. The van der Waals surface area contributed by atoms with Crippen LogP contribution in [0.3, 0.4) is 0 Å². The number of amides is 1. The zero-order chi connectivity index (χ0) is 14.5. The van der Waals surface area contributed by atoms with Gasteiger partial charge in [-0.15, -0.1) is 0 Å². The van der Waals surface area contributed by atoms with Crippen LogP contribution >= 0.6 is 0 Å². The van der Waals surface area contributed by atoms with Crippen LogP contribution in [0.5, 0.6) is 0 Å². The number of ether oxygens (including phenoxy) is 3. The highest BCUT2D eigenvalue weighted by Gasteiger charge is 2.56. The number of oxazole rings is 1. The quantitative estimate of drug-likeness (QED) is 0.784. The Hall–Kier alpha value is -1.48. The molecule has 1 aromatic heterocycles. The summed E-state index contributed by atoms with van der Waals surface area (Å²) in [5.74, 6) is -1.27. The second-order valence-corrected chi connectivity index (χ2v) is 5.28. The molecule has 2 aliphatic heterocycles. The molecule has 20 heavy (non-hydrogen) atoms. The summed E-state index contributed by atoms with van der Waals surface area (Å²) >= 11 is 0. The molecule has 110 valence electrons. The molecule has 1 unspecified atom stereocenters. The number of aliphatic hydroxyl groups excluding tert-OH is 1. The molecule has 8 nitrogen and oxygen atoms in total. The van der Waals surface area contributed by atoms with Crippen molar-refractivity contribution in [3.05, 3.63) is 17.8 Å². The molecule has 1 aromatic rings. The van der Waals surface area contributed by atoms with Crippen molar-refractivity contribution in [1.82, 2.24) is 4.98 Å². The number of primary amides is 1. The second-order valence-electron chi connectivity index (χ2n) is 5.28. The molecule has 0 radical (unpaired) electrons. The molecule has 0 aliphatic carbocycles. The lowest BCUT2D eigenvalue weighted by atomic mass is 10.1. The largest absolute Gasteiger partial charge is 0.445 e. The zero-order valence-corrected chi connectivity index (χ0v) is 11.1. The van der Waals surface area contributed by atoms with E-state index in [4.69, 9.17) is 24.4 Å². The number of carbonyl (C=O) groups excluding carboxylic acids is 1. The lowest BCUT2D eigenvalue weighted by Gasteiger charge is -2.22. The normalized spacial score (nSPS) is 35.1. The van der Waals surface area contributed by atoms with Crippen molar-refractivity contribution >= 4 is 5.91 Å². The highest BCUT2D eigenvalue weighted by Crippen LogP contribution is 2.44. The maximum Gasteiger partial charge on any atom is 0.270 e. The second kappa shape index (κ2) is 4.52. The molecule has 3 N–H and O–H groups in total. The average Bonchev–Trinajstić information content (AvgIpc) is 3.01. The minimum absolute atomic E-state index is 0.0192. The molecule has 0 bridgehead atoms. The van der Waals surface area contributed by atoms with Crippen molar-refractivity contribution < 1.29 is 28.5 Å². The molecule has 3 rings (SSSR count). The third-order valence-corrected chi connectivity index (χ3v) is 3.35. The maximum atomic E-state index is 11.0. The van der Waals surface area contributed by atoms with Gasteiger partial charge in [-0.3, -0.25) is 4.79 Å². The van der Waals surface area contributed by atoms with Crippen LogP contribution in [0, 0.1) is 0 Å². The lowest BCUT2D eigenvalue weighted by Crippen LogP contribution is -2.31. The van der Waals surface area contributed by atoms with Gasteiger partial charge in [-0.25, -0.2) is 4.98 Å². The Morgan fingerprint density at radius 2 is 2.15 bits per heavy atom. The topological polar surface area (TPSA) is 117 Å². The Morgan fingerprint density at radius 1 is 1.45 bits per heavy atom. The summed E-state index contributed by atoms with van der Waals surface area (Å²) in [6, 6.07) is 0. The number of rotatable bonds is 3. The molecule has 1 amide bonds. The van der Waals surface area contributed by atoms with Gasteiger partial charge >= 0.3 is 0 Å². The fourth-order valence-electron chi connectivity index (χ4n) is 2.56. The first-order valence-corrected chi connectivity index (χ1v) is 6.28. The van der Waals surface area contributed by atoms with Gasteiger partial charge < -0.3 is 29.5 Å². The number of nitrogens with zero attached hydrogens (tertiary/aromatic N) is 1. The predicted molar refractivity (Wildman–Crippen MR) is 63.5 cm³/mol. The van der Waals surface area contributed by atoms with E-state index >= 15 is 0 Å². The van der Waals surface area contributed by atoms with E-state index in [0.29, 0.717) is 0 Å². The molecular formula is C12H16N2O6. The summed E-state index contributed by atoms with van der Waals surface area (Å²) in [4.78, 5) is 15.0. The highest BCUT2D eigenvalue weighted by molar-refractivity contribution is 5.90. The SMILES string of the molecule is CC1(C)OC2[C@@H](O1)[C@@H](CO)O[C@H]2c1nc(C(N)=O)co1. The molecule has 0 saturated carbocycles. The Labute approximate surface area is 114 Å². The number of hydrogen-bond acceptors (Lipinski definition) is 7. The fraction of sp³-hybridized carbons (Fsp3) is 0.667. The van der Waals surface area contributed by atoms with Gasteiger partial charge in [0.25, 0.3) is 5.91 Å². The number of aromatic nitrogens is 1. The van der Waals surface area contributed by atoms with E-state index in [2.05, 4.69) is 4.98 Å². The number of nitrogens with two attached hydrogens (primary N) is 1. The number of hydrogen-bond donors (Lipinski definition) is 2. The molecule has 8 heteroatoms. The number of carbonyl (C=O) groups is 1. The van der Waals surface area contributed by atoms with Crippen molar-refractivity contribution in [2.75, 3.05) is 6.61 Å². The van der Waals surface area contributed by atoms with E-state index in [1.807, 2.05) is 0 Å². The molecule has 4 atom stereocenters. The van der Waals surface area contributed by atoms with E-state index in [9.17, 15) is 9.90 Å². The van der Waals surface area contributed by atoms with Crippen LogP contribution in [0.1, 0.15) is 36.3 Å². The van der Waals surface area contributed by atoms with Crippen LogP contribution < -0.4 is 5.73 Å². The van der Waals surface area contributed by atoms with Gasteiger partial charge in [0.15, 0.2) is 17.6 Å². The summed E-state index contributed by atoms with van der Waals surface area (Å²) in [5.41, 5.74) is 5.15. The smallest absolute Gasteiger partial charge is 0.270 e. The summed E-state index contributed by atoms with van der Waals surface area (Å²) in [5, 5.41) is 9.36. The molecule has 0 spiro atoms. The van der Waals surface area contributed by atoms with Crippen molar-refractivity contribution in [2.24, 2.45) is 5.73 Å². The maximum absolute atomic E-state index is 11.0. The van der Waals surface area contributed by atoms with Crippen molar-refractivity contribution in [1.29, 1.82) is 0 Å². The third kappa shape index (κ3) is 2.10. The van der Waals surface area contributed by atoms with Gasteiger partial charge in [-0.05, 0) is 13.8 Å². The monoisotopic (exact) mass is 284 g/mol. The van der Waals surface area contributed by atoms with E-state index in [-0.39, 0.29) is 18.2 Å². The summed E-state index contributed by atoms with van der Waals surface area (Å²) in [7, 11) is 0. The average molecular weight is 284 g/mol. The van der Waals surface area contributed by atoms with E-state index in [1.54, 1.807) is 13.8 Å². The Balaban J connectivity index is 1.87. The predicted octanol–water partition coefficient (Wildman–Crippen LogP) is -0.274. The molecule has 2 fully saturated rings. The fourth-order valence-corrected chi connectivity index (χ4v) is 2.56. The van der Waals surface area contributed by atoms with Crippen LogP contribution in [0.25, 0.3) is 0 Å². The van der Waals surface area contributed by atoms with Gasteiger partial charge in [-0.1, -0.05) is 0 Å². The van der Waals surface area contributed by atoms with Gasteiger partial charge in [-0.2, -0.15) is 0 Å². The molecular weight excluding hydrogens is 268 g/mol. The highest BCUT2D eigenvalue weighted by atomic mass is 16.8.